The van der Waals surface area contributed by atoms with E-state index in [1.807, 2.05) is 26.8 Å². The van der Waals surface area contributed by atoms with Crippen molar-refractivity contribution < 1.29 is 19.1 Å². The van der Waals surface area contributed by atoms with Crippen LogP contribution in [-0.4, -0.2) is 50.3 Å². The molecule has 3 rings (SSSR count). The van der Waals surface area contributed by atoms with Crippen molar-refractivity contribution in [3.63, 3.8) is 0 Å². The van der Waals surface area contributed by atoms with Crippen LogP contribution in [0.1, 0.15) is 63.1 Å². The van der Waals surface area contributed by atoms with Crippen LogP contribution in [0.2, 0.25) is 0 Å². The lowest BCUT2D eigenvalue weighted by Crippen LogP contribution is -2.35. The van der Waals surface area contributed by atoms with Gasteiger partial charge in [0, 0.05) is 37.4 Å². The second-order valence-electron chi connectivity index (χ2n) is 7.58. The summed E-state index contributed by atoms with van der Waals surface area (Å²) in [4.78, 5) is 25.6. The van der Waals surface area contributed by atoms with Crippen molar-refractivity contribution in [1.29, 1.82) is 0 Å². The van der Waals surface area contributed by atoms with E-state index in [-0.39, 0.29) is 24.0 Å². The molecule has 148 valence electrons. The van der Waals surface area contributed by atoms with Crippen LogP contribution in [0.25, 0.3) is 0 Å². The Bertz CT molecular complexity index is 648. The molecule has 6 heteroatoms. The van der Waals surface area contributed by atoms with E-state index >= 15 is 0 Å². The van der Waals surface area contributed by atoms with Crippen LogP contribution in [0, 0.1) is 20.8 Å². The fourth-order valence-corrected chi connectivity index (χ4v) is 4.08. The molecular weight excluding hydrogens is 344 g/mol. The standard InChI is InChI=1S/C21H30N2O4/c1-13-10-14(2)19(21(25)23-12-17-7-5-9-27-17)15(3)18(13)20(24)22-11-16-6-4-8-26-16/h10,16-17H,4-9,11-12H2,1-3H3,(H,22,24)(H,23,25)/t16-,17-/m0/s1. The second kappa shape index (κ2) is 8.85. The maximum atomic E-state index is 12.8. The molecule has 2 amide bonds. The summed E-state index contributed by atoms with van der Waals surface area (Å²) >= 11 is 0. The van der Waals surface area contributed by atoms with Gasteiger partial charge >= 0.3 is 0 Å². The van der Waals surface area contributed by atoms with Gasteiger partial charge in [-0.1, -0.05) is 6.07 Å². The van der Waals surface area contributed by atoms with E-state index in [0.29, 0.717) is 24.2 Å². The van der Waals surface area contributed by atoms with Gasteiger partial charge in [-0.2, -0.15) is 0 Å². The van der Waals surface area contributed by atoms with E-state index in [1.165, 1.54) is 0 Å². The Hall–Kier alpha value is -1.92. The number of hydrogen-bond donors (Lipinski definition) is 2. The Labute approximate surface area is 161 Å². The van der Waals surface area contributed by atoms with Gasteiger partial charge in [-0.25, -0.2) is 0 Å². The van der Waals surface area contributed by atoms with Crippen molar-refractivity contribution in [1.82, 2.24) is 10.6 Å². The molecule has 0 saturated carbocycles. The maximum absolute atomic E-state index is 12.8. The Morgan fingerprint density at radius 1 is 0.889 bits per heavy atom. The molecule has 2 aliphatic heterocycles. The molecule has 2 fully saturated rings. The summed E-state index contributed by atoms with van der Waals surface area (Å²) in [5.41, 5.74) is 3.65. The minimum absolute atomic E-state index is 0.0918. The maximum Gasteiger partial charge on any atom is 0.251 e. The lowest BCUT2D eigenvalue weighted by Gasteiger charge is -2.18. The highest BCUT2D eigenvalue weighted by Crippen LogP contribution is 2.23. The number of ether oxygens (including phenoxy) is 2. The van der Waals surface area contributed by atoms with E-state index in [0.717, 1.165) is 55.6 Å². The summed E-state index contributed by atoms with van der Waals surface area (Å²) in [5.74, 6) is -0.289. The molecule has 2 N–H and O–H groups in total. The van der Waals surface area contributed by atoms with Crippen molar-refractivity contribution in [3.8, 4) is 0 Å². The number of carbonyl (C=O) groups is 2. The summed E-state index contributed by atoms with van der Waals surface area (Å²) in [7, 11) is 0. The molecule has 27 heavy (non-hydrogen) atoms. The number of hydrogen-bond acceptors (Lipinski definition) is 4. The second-order valence-corrected chi connectivity index (χ2v) is 7.58. The number of carbonyl (C=O) groups excluding carboxylic acids is 2. The third kappa shape index (κ3) is 4.68. The van der Waals surface area contributed by atoms with Crippen molar-refractivity contribution >= 4 is 11.8 Å². The predicted octanol–water partition coefficient (Wildman–Crippen LogP) is 2.43. The van der Waals surface area contributed by atoms with Crippen LogP contribution in [0.5, 0.6) is 0 Å². The lowest BCUT2D eigenvalue weighted by atomic mass is 9.92. The number of benzene rings is 1. The zero-order valence-corrected chi connectivity index (χ0v) is 16.5. The van der Waals surface area contributed by atoms with Gasteiger partial charge < -0.3 is 20.1 Å². The molecule has 0 spiro atoms. The first-order valence-corrected chi connectivity index (χ1v) is 9.87. The Kier molecular flexibility index (Phi) is 6.50. The fourth-order valence-electron chi connectivity index (χ4n) is 4.08. The van der Waals surface area contributed by atoms with Gasteiger partial charge in [0.1, 0.15) is 0 Å². The van der Waals surface area contributed by atoms with Gasteiger partial charge in [0.2, 0.25) is 0 Å². The van der Waals surface area contributed by atoms with Crippen LogP contribution < -0.4 is 10.6 Å². The average molecular weight is 374 g/mol. The highest BCUT2D eigenvalue weighted by Gasteiger charge is 2.24. The average Bonchev–Trinajstić information content (AvgIpc) is 3.31. The summed E-state index contributed by atoms with van der Waals surface area (Å²) in [5, 5.41) is 5.94. The zero-order valence-electron chi connectivity index (χ0n) is 16.5. The van der Waals surface area contributed by atoms with Crippen molar-refractivity contribution in [2.75, 3.05) is 26.3 Å². The highest BCUT2D eigenvalue weighted by atomic mass is 16.5. The smallest absolute Gasteiger partial charge is 0.251 e. The van der Waals surface area contributed by atoms with E-state index in [1.54, 1.807) is 0 Å². The van der Waals surface area contributed by atoms with E-state index in [9.17, 15) is 9.59 Å². The molecule has 0 aliphatic carbocycles. The zero-order chi connectivity index (χ0) is 19.4. The van der Waals surface area contributed by atoms with Gasteiger partial charge in [-0.05, 0) is 63.1 Å². The fraction of sp³-hybridized carbons (Fsp3) is 0.619. The first-order chi connectivity index (χ1) is 13.0. The molecule has 1 aromatic rings. The minimum Gasteiger partial charge on any atom is -0.376 e. The van der Waals surface area contributed by atoms with Crippen molar-refractivity contribution in [3.05, 3.63) is 33.9 Å². The van der Waals surface area contributed by atoms with Gasteiger partial charge in [0.25, 0.3) is 11.8 Å². The number of nitrogens with one attached hydrogen (secondary N) is 2. The summed E-state index contributed by atoms with van der Waals surface area (Å²) in [6.45, 7) is 8.21. The molecule has 0 aromatic heterocycles. The van der Waals surface area contributed by atoms with Crippen LogP contribution >= 0.6 is 0 Å². The quantitative estimate of drug-likeness (QED) is 0.802. The topological polar surface area (TPSA) is 76.7 Å². The third-order valence-electron chi connectivity index (χ3n) is 5.45. The third-order valence-corrected chi connectivity index (χ3v) is 5.45. The van der Waals surface area contributed by atoms with E-state index in [2.05, 4.69) is 10.6 Å². The summed E-state index contributed by atoms with van der Waals surface area (Å²) < 4.78 is 11.1. The largest absolute Gasteiger partial charge is 0.376 e. The first-order valence-electron chi connectivity index (χ1n) is 9.87. The molecule has 6 nitrogen and oxygen atoms in total. The van der Waals surface area contributed by atoms with Gasteiger partial charge in [-0.3, -0.25) is 9.59 Å². The summed E-state index contributed by atoms with van der Waals surface area (Å²) in [6, 6.07) is 1.91. The Balaban J connectivity index is 1.72. The molecule has 0 bridgehead atoms. The molecule has 1 aromatic carbocycles. The Morgan fingerprint density at radius 3 is 1.70 bits per heavy atom. The van der Waals surface area contributed by atoms with Gasteiger partial charge in [0.05, 0.1) is 12.2 Å². The molecule has 2 heterocycles. The van der Waals surface area contributed by atoms with Gasteiger partial charge in [-0.15, -0.1) is 0 Å². The first kappa shape index (κ1) is 19.8. The lowest BCUT2D eigenvalue weighted by molar-refractivity contribution is 0.0853. The van der Waals surface area contributed by atoms with Crippen LogP contribution in [0.4, 0.5) is 0 Å². The molecule has 0 radical (unpaired) electrons. The van der Waals surface area contributed by atoms with Crippen molar-refractivity contribution in [2.45, 2.75) is 58.7 Å². The number of amides is 2. The molecule has 2 atom stereocenters. The van der Waals surface area contributed by atoms with E-state index in [4.69, 9.17) is 9.47 Å². The van der Waals surface area contributed by atoms with E-state index < -0.39 is 0 Å². The molecule has 2 aliphatic rings. The number of aryl methyl sites for hydroxylation is 2. The normalized spacial score (nSPS) is 22.0. The highest BCUT2D eigenvalue weighted by molar-refractivity contribution is 6.03. The minimum atomic E-state index is -0.145. The summed E-state index contributed by atoms with van der Waals surface area (Å²) in [6.07, 6.45) is 4.21. The number of rotatable bonds is 6. The van der Waals surface area contributed by atoms with Gasteiger partial charge in [0.15, 0.2) is 0 Å². The monoisotopic (exact) mass is 374 g/mol. The molecule has 2 saturated heterocycles. The predicted molar refractivity (Wildman–Crippen MR) is 103 cm³/mol. The van der Waals surface area contributed by atoms with Crippen molar-refractivity contribution in [2.24, 2.45) is 0 Å². The molecule has 0 unspecified atom stereocenters. The SMILES string of the molecule is Cc1cc(C)c(C(=O)NC[C@@H]2CCCO2)c(C)c1C(=O)NC[C@@H]1CCCO1. The molecular formula is C21H30N2O4. The van der Waals surface area contributed by atoms with Crippen LogP contribution in [-0.2, 0) is 9.47 Å². The van der Waals surface area contributed by atoms with Crippen LogP contribution in [0.3, 0.4) is 0 Å². The van der Waals surface area contributed by atoms with Crippen LogP contribution in [0.15, 0.2) is 6.07 Å². The Morgan fingerprint density at radius 2 is 1.33 bits per heavy atom.